The van der Waals surface area contributed by atoms with Gasteiger partial charge < -0.3 is 10.2 Å². The highest BCUT2D eigenvalue weighted by molar-refractivity contribution is 5.85. The van der Waals surface area contributed by atoms with E-state index in [1.807, 2.05) is 30.1 Å². The van der Waals surface area contributed by atoms with Crippen LogP contribution in [0.5, 0.6) is 0 Å². The lowest BCUT2D eigenvalue weighted by atomic mass is 10.1. The molecule has 1 heterocycles. The fourth-order valence-electron chi connectivity index (χ4n) is 2.47. The molecule has 0 fully saturated rings. The second-order valence-electron chi connectivity index (χ2n) is 5.72. The minimum absolute atomic E-state index is 0. The molecule has 26 heavy (non-hydrogen) atoms. The number of nitrogens with one attached hydrogen (secondary N) is 1. The minimum Gasteiger partial charge on any atom is -0.338 e. The van der Waals surface area contributed by atoms with Crippen molar-refractivity contribution in [2.45, 2.75) is 25.8 Å². The van der Waals surface area contributed by atoms with E-state index in [4.69, 9.17) is 0 Å². The molecule has 1 N–H and O–H groups in total. The SMILES string of the molecule is CNCCCC(=O)N(CCc1ccccn1)Cc1ccc(F)cc1.Cl.Cl. The Labute approximate surface area is 167 Å². The molecular formula is C19H26Cl2FN3O. The topological polar surface area (TPSA) is 45.2 Å². The van der Waals surface area contributed by atoms with Crippen molar-refractivity contribution >= 4 is 30.7 Å². The first kappa shape index (κ1) is 24.3. The maximum absolute atomic E-state index is 13.1. The van der Waals surface area contributed by atoms with Crippen LogP contribution in [-0.2, 0) is 17.8 Å². The van der Waals surface area contributed by atoms with Gasteiger partial charge in [0.15, 0.2) is 0 Å². The molecule has 2 aromatic rings. The van der Waals surface area contributed by atoms with E-state index in [9.17, 15) is 9.18 Å². The van der Waals surface area contributed by atoms with Gasteiger partial charge in [0.05, 0.1) is 0 Å². The number of aromatic nitrogens is 1. The van der Waals surface area contributed by atoms with Crippen LogP contribution in [0.4, 0.5) is 4.39 Å². The lowest BCUT2D eigenvalue weighted by Crippen LogP contribution is -2.33. The number of hydrogen-bond donors (Lipinski definition) is 1. The number of pyridine rings is 1. The van der Waals surface area contributed by atoms with Gasteiger partial charge in [-0.1, -0.05) is 18.2 Å². The summed E-state index contributed by atoms with van der Waals surface area (Å²) in [5.41, 5.74) is 1.89. The fourth-order valence-corrected chi connectivity index (χ4v) is 2.47. The molecule has 144 valence electrons. The quantitative estimate of drug-likeness (QED) is 0.652. The number of halogens is 3. The molecule has 0 bridgehead atoms. The lowest BCUT2D eigenvalue weighted by Gasteiger charge is -2.23. The Kier molecular flexibility index (Phi) is 12.6. The molecule has 0 aliphatic rings. The van der Waals surface area contributed by atoms with E-state index in [-0.39, 0.29) is 36.5 Å². The third-order valence-electron chi connectivity index (χ3n) is 3.82. The summed E-state index contributed by atoms with van der Waals surface area (Å²) in [5, 5.41) is 3.05. The van der Waals surface area contributed by atoms with Gasteiger partial charge in [0, 0.05) is 37.8 Å². The van der Waals surface area contributed by atoms with E-state index in [0.29, 0.717) is 25.9 Å². The minimum atomic E-state index is -0.265. The van der Waals surface area contributed by atoms with Gasteiger partial charge in [-0.15, -0.1) is 24.8 Å². The average molecular weight is 402 g/mol. The number of hydrogen-bond acceptors (Lipinski definition) is 3. The Hall–Kier alpha value is -1.69. The zero-order chi connectivity index (χ0) is 17.2. The molecule has 4 nitrogen and oxygen atoms in total. The highest BCUT2D eigenvalue weighted by Crippen LogP contribution is 2.10. The van der Waals surface area contributed by atoms with Crippen molar-refractivity contribution in [1.29, 1.82) is 0 Å². The number of nitrogens with zero attached hydrogens (tertiary/aromatic N) is 2. The Balaban J connectivity index is 0.00000312. The number of carbonyl (C=O) groups excluding carboxylic acids is 1. The van der Waals surface area contributed by atoms with E-state index >= 15 is 0 Å². The van der Waals surface area contributed by atoms with Gasteiger partial charge in [0.25, 0.3) is 0 Å². The number of carbonyl (C=O) groups is 1. The first-order valence-corrected chi connectivity index (χ1v) is 8.26. The molecule has 1 aromatic heterocycles. The predicted molar refractivity (Wildman–Crippen MR) is 107 cm³/mol. The zero-order valence-corrected chi connectivity index (χ0v) is 16.5. The highest BCUT2D eigenvalue weighted by Gasteiger charge is 2.14. The van der Waals surface area contributed by atoms with E-state index in [0.717, 1.165) is 24.2 Å². The molecule has 0 atom stereocenters. The largest absolute Gasteiger partial charge is 0.338 e. The molecule has 7 heteroatoms. The Morgan fingerprint density at radius 3 is 2.50 bits per heavy atom. The van der Waals surface area contributed by atoms with Crippen molar-refractivity contribution < 1.29 is 9.18 Å². The van der Waals surface area contributed by atoms with Crippen molar-refractivity contribution in [2.24, 2.45) is 0 Å². The van der Waals surface area contributed by atoms with Gasteiger partial charge in [-0.3, -0.25) is 9.78 Å². The summed E-state index contributed by atoms with van der Waals surface area (Å²) in [7, 11) is 1.88. The second-order valence-corrected chi connectivity index (χ2v) is 5.72. The highest BCUT2D eigenvalue weighted by atomic mass is 35.5. The molecule has 0 radical (unpaired) electrons. The summed E-state index contributed by atoms with van der Waals surface area (Å²) in [6, 6.07) is 12.1. The van der Waals surface area contributed by atoms with Crippen molar-refractivity contribution in [3.8, 4) is 0 Å². The maximum atomic E-state index is 13.1. The Morgan fingerprint density at radius 2 is 1.88 bits per heavy atom. The molecule has 0 spiro atoms. The first-order valence-electron chi connectivity index (χ1n) is 8.26. The van der Waals surface area contributed by atoms with Gasteiger partial charge in [0.2, 0.25) is 5.91 Å². The van der Waals surface area contributed by atoms with Crippen molar-refractivity contribution in [3.05, 3.63) is 65.7 Å². The van der Waals surface area contributed by atoms with Crippen molar-refractivity contribution in [1.82, 2.24) is 15.2 Å². The Morgan fingerprint density at radius 1 is 1.15 bits per heavy atom. The second kappa shape index (κ2) is 13.5. The van der Waals surface area contributed by atoms with Crippen LogP contribution in [0, 0.1) is 5.82 Å². The molecule has 0 aliphatic heterocycles. The van der Waals surface area contributed by atoms with E-state index < -0.39 is 0 Å². The van der Waals surface area contributed by atoms with Gasteiger partial charge in [-0.05, 0) is 49.8 Å². The molecule has 0 saturated heterocycles. The number of benzene rings is 1. The lowest BCUT2D eigenvalue weighted by molar-refractivity contribution is -0.131. The van der Waals surface area contributed by atoms with E-state index in [2.05, 4.69) is 10.3 Å². The number of amides is 1. The van der Waals surface area contributed by atoms with E-state index in [1.165, 1.54) is 12.1 Å². The van der Waals surface area contributed by atoms with E-state index in [1.54, 1.807) is 18.3 Å². The first-order chi connectivity index (χ1) is 11.7. The summed E-state index contributed by atoms with van der Waals surface area (Å²) in [6.07, 6.45) is 3.78. The van der Waals surface area contributed by atoms with Crippen LogP contribution in [0.3, 0.4) is 0 Å². The van der Waals surface area contributed by atoms with Gasteiger partial charge in [-0.25, -0.2) is 4.39 Å². The van der Waals surface area contributed by atoms with Crippen molar-refractivity contribution in [2.75, 3.05) is 20.1 Å². The van der Waals surface area contributed by atoms with Crippen LogP contribution < -0.4 is 5.32 Å². The summed E-state index contributed by atoms with van der Waals surface area (Å²) < 4.78 is 13.1. The van der Waals surface area contributed by atoms with Crippen LogP contribution in [0.25, 0.3) is 0 Å². The van der Waals surface area contributed by atoms with Gasteiger partial charge >= 0.3 is 0 Å². The molecule has 1 amide bonds. The van der Waals surface area contributed by atoms with Gasteiger partial charge in [-0.2, -0.15) is 0 Å². The molecular weight excluding hydrogens is 376 g/mol. The zero-order valence-electron chi connectivity index (χ0n) is 14.9. The van der Waals surface area contributed by atoms with Crippen LogP contribution in [0.1, 0.15) is 24.1 Å². The standard InChI is InChI=1S/C19H24FN3O.2ClH/c1-21-12-4-6-19(24)23(14-11-18-5-2-3-13-22-18)15-16-7-9-17(20)10-8-16;;/h2-3,5,7-10,13,21H,4,6,11-12,14-15H2,1H3;2*1H. The summed E-state index contributed by atoms with van der Waals surface area (Å²) in [6.45, 7) is 1.91. The van der Waals surface area contributed by atoms with Crippen LogP contribution in [-0.4, -0.2) is 35.9 Å². The monoisotopic (exact) mass is 401 g/mol. The van der Waals surface area contributed by atoms with Crippen LogP contribution >= 0.6 is 24.8 Å². The number of rotatable bonds is 9. The maximum Gasteiger partial charge on any atom is 0.222 e. The summed E-state index contributed by atoms with van der Waals surface area (Å²) in [4.78, 5) is 18.7. The van der Waals surface area contributed by atoms with Crippen LogP contribution in [0.2, 0.25) is 0 Å². The third-order valence-corrected chi connectivity index (χ3v) is 3.82. The molecule has 0 saturated carbocycles. The molecule has 2 rings (SSSR count). The Bertz CT molecular complexity index is 626. The smallest absolute Gasteiger partial charge is 0.222 e. The average Bonchev–Trinajstić information content (AvgIpc) is 2.61. The summed E-state index contributed by atoms with van der Waals surface area (Å²) in [5.74, 6) is -0.148. The van der Waals surface area contributed by atoms with Gasteiger partial charge in [0.1, 0.15) is 5.82 Å². The third kappa shape index (κ3) is 8.61. The molecule has 0 unspecified atom stereocenters. The normalized spacial score (nSPS) is 9.77. The summed E-state index contributed by atoms with van der Waals surface area (Å²) >= 11 is 0. The molecule has 1 aromatic carbocycles. The van der Waals surface area contributed by atoms with Crippen LogP contribution in [0.15, 0.2) is 48.7 Å². The molecule has 0 aliphatic carbocycles. The van der Waals surface area contributed by atoms with Crippen molar-refractivity contribution in [3.63, 3.8) is 0 Å². The predicted octanol–water partition coefficient (Wildman–Crippen LogP) is 3.64. The fraction of sp³-hybridized carbons (Fsp3) is 0.368.